The van der Waals surface area contributed by atoms with Crippen molar-refractivity contribution in [1.29, 1.82) is 0 Å². The number of fused-ring (bicyclic) bond motifs is 1. The highest BCUT2D eigenvalue weighted by Gasteiger charge is 2.32. The molecule has 0 saturated carbocycles. The van der Waals surface area contributed by atoms with E-state index in [2.05, 4.69) is 22.2 Å². The first kappa shape index (κ1) is 20.1. The molecule has 3 heterocycles. The molecule has 0 radical (unpaired) electrons. The molecule has 7 heteroatoms. The van der Waals surface area contributed by atoms with Gasteiger partial charge in [-0.2, -0.15) is 5.10 Å². The quantitative estimate of drug-likeness (QED) is 0.652. The molecule has 0 spiro atoms. The Morgan fingerprint density at radius 3 is 2.63 bits per heavy atom. The van der Waals surface area contributed by atoms with E-state index in [-0.39, 0.29) is 18.6 Å². The SMILES string of the molecule is CC[C@@H](CO)Oc1nccc2c1C(=O)N(Cc1ccc(-c3cn(C)nc3C)cc1)C2. The van der Waals surface area contributed by atoms with Gasteiger partial charge in [-0.15, -0.1) is 0 Å². The molecule has 4 rings (SSSR count). The molecule has 3 aromatic rings. The van der Waals surface area contributed by atoms with Crippen molar-refractivity contribution in [2.45, 2.75) is 39.5 Å². The van der Waals surface area contributed by atoms with E-state index in [0.717, 1.165) is 27.9 Å². The molecule has 7 nitrogen and oxygen atoms in total. The van der Waals surface area contributed by atoms with Gasteiger partial charge in [-0.1, -0.05) is 31.2 Å². The molecule has 2 aromatic heterocycles. The second-order valence-electron chi connectivity index (χ2n) is 7.64. The van der Waals surface area contributed by atoms with Crippen LogP contribution in [0, 0.1) is 6.92 Å². The molecule has 1 atom stereocenters. The molecule has 156 valence electrons. The summed E-state index contributed by atoms with van der Waals surface area (Å²) in [5.41, 5.74) is 5.67. The van der Waals surface area contributed by atoms with Crippen LogP contribution in [0.4, 0.5) is 0 Å². The summed E-state index contributed by atoms with van der Waals surface area (Å²) in [5.74, 6) is 0.219. The molecule has 0 aliphatic carbocycles. The topological polar surface area (TPSA) is 80.5 Å². The fourth-order valence-electron chi connectivity index (χ4n) is 3.79. The van der Waals surface area contributed by atoms with Crippen LogP contribution >= 0.6 is 0 Å². The fraction of sp³-hybridized carbons (Fsp3) is 0.348. The molecule has 0 saturated heterocycles. The second-order valence-corrected chi connectivity index (χ2v) is 7.64. The number of aliphatic hydroxyl groups excluding tert-OH is 1. The summed E-state index contributed by atoms with van der Waals surface area (Å²) in [5, 5.41) is 13.8. The van der Waals surface area contributed by atoms with Crippen LogP contribution < -0.4 is 4.74 Å². The van der Waals surface area contributed by atoms with E-state index in [0.29, 0.717) is 31.0 Å². The number of amides is 1. The molecule has 1 amide bonds. The lowest BCUT2D eigenvalue weighted by atomic mass is 10.0. The Morgan fingerprint density at radius 1 is 1.23 bits per heavy atom. The number of aromatic nitrogens is 3. The number of carbonyl (C=O) groups is 1. The van der Waals surface area contributed by atoms with Crippen LogP contribution in [0.2, 0.25) is 0 Å². The molecular weight excluding hydrogens is 380 g/mol. The van der Waals surface area contributed by atoms with E-state index in [1.807, 2.05) is 50.0 Å². The number of nitrogens with zero attached hydrogens (tertiary/aromatic N) is 4. The number of aliphatic hydroxyl groups is 1. The third kappa shape index (κ3) is 3.80. The molecule has 30 heavy (non-hydrogen) atoms. The first-order valence-electron chi connectivity index (χ1n) is 10.1. The minimum atomic E-state index is -0.366. The highest BCUT2D eigenvalue weighted by Crippen LogP contribution is 2.31. The minimum Gasteiger partial charge on any atom is -0.471 e. The Labute approximate surface area is 175 Å². The fourth-order valence-corrected chi connectivity index (χ4v) is 3.79. The van der Waals surface area contributed by atoms with Crippen molar-refractivity contribution in [2.75, 3.05) is 6.61 Å². The zero-order chi connectivity index (χ0) is 21.3. The highest BCUT2D eigenvalue weighted by molar-refractivity contribution is 6.00. The zero-order valence-corrected chi connectivity index (χ0v) is 17.5. The van der Waals surface area contributed by atoms with Gasteiger partial charge in [-0.3, -0.25) is 9.48 Å². The summed E-state index contributed by atoms with van der Waals surface area (Å²) in [6.07, 6.45) is 3.94. The van der Waals surface area contributed by atoms with Gasteiger partial charge in [0.2, 0.25) is 5.88 Å². The normalized spacial score (nSPS) is 14.1. The van der Waals surface area contributed by atoms with Crippen molar-refractivity contribution in [3.63, 3.8) is 0 Å². The number of rotatable bonds is 7. The lowest BCUT2D eigenvalue weighted by Crippen LogP contribution is -2.25. The standard InChI is InChI=1S/C23H26N4O3/c1-4-19(14-28)30-22-21-18(9-10-24-22)12-27(23(21)29)11-16-5-7-17(8-6-16)20-13-26(3)25-15(20)2/h5-10,13,19,28H,4,11-12,14H2,1-3H3/t19-/m0/s1. The number of benzene rings is 1. The number of carbonyl (C=O) groups excluding carboxylic acids is 1. The van der Waals surface area contributed by atoms with Gasteiger partial charge in [0.25, 0.3) is 5.91 Å². The summed E-state index contributed by atoms with van der Waals surface area (Å²) in [7, 11) is 1.91. The summed E-state index contributed by atoms with van der Waals surface area (Å²) >= 11 is 0. The van der Waals surface area contributed by atoms with Gasteiger partial charge in [0.15, 0.2) is 0 Å². The van der Waals surface area contributed by atoms with Crippen LogP contribution in [0.5, 0.6) is 5.88 Å². The maximum absolute atomic E-state index is 13.0. The number of hydrogen-bond acceptors (Lipinski definition) is 5. The van der Waals surface area contributed by atoms with Crippen LogP contribution in [0.25, 0.3) is 11.1 Å². The number of hydrogen-bond donors (Lipinski definition) is 1. The van der Waals surface area contributed by atoms with E-state index in [1.54, 1.807) is 11.1 Å². The zero-order valence-electron chi connectivity index (χ0n) is 17.5. The monoisotopic (exact) mass is 406 g/mol. The Bertz CT molecular complexity index is 1050. The molecule has 1 aliphatic rings. The Hall–Kier alpha value is -3.19. The van der Waals surface area contributed by atoms with Gasteiger partial charge in [0, 0.05) is 38.1 Å². The van der Waals surface area contributed by atoms with E-state index >= 15 is 0 Å². The summed E-state index contributed by atoms with van der Waals surface area (Å²) < 4.78 is 7.60. The van der Waals surface area contributed by atoms with Crippen molar-refractivity contribution in [3.8, 4) is 17.0 Å². The average molecular weight is 406 g/mol. The van der Waals surface area contributed by atoms with Gasteiger partial charge in [0.1, 0.15) is 11.7 Å². The second kappa shape index (κ2) is 8.28. The Kier molecular flexibility index (Phi) is 5.55. The number of ether oxygens (including phenoxy) is 1. The maximum Gasteiger partial charge on any atom is 0.260 e. The van der Waals surface area contributed by atoms with Crippen molar-refractivity contribution in [3.05, 3.63) is 65.1 Å². The third-order valence-electron chi connectivity index (χ3n) is 5.45. The first-order valence-corrected chi connectivity index (χ1v) is 10.1. The minimum absolute atomic E-state index is 0.0897. The Morgan fingerprint density at radius 2 is 2.00 bits per heavy atom. The van der Waals surface area contributed by atoms with E-state index in [4.69, 9.17) is 4.74 Å². The average Bonchev–Trinajstić information content (AvgIpc) is 3.25. The third-order valence-corrected chi connectivity index (χ3v) is 5.45. The van der Waals surface area contributed by atoms with Crippen molar-refractivity contribution < 1.29 is 14.6 Å². The lowest BCUT2D eigenvalue weighted by Gasteiger charge is -2.17. The molecule has 0 unspecified atom stereocenters. The predicted molar refractivity (Wildman–Crippen MR) is 113 cm³/mol. The molecule has 1 N–H and O–H groups in total. The molecular formula is C23H26N4O3. The number of pyridine rings is 1. The molecule has 0 fully saturated rings. The Balaban J connectivity index is 1.51. The van der Waals surface area contributed by atoms with Crippen LogP contribution in [0.1, 0.15) is 40.5 Å². The van der Waals surface area contributed by atoms with Crippen LogP contribution in [0.15, 0.2) is 42.7 Å². The first-order chi connectivity index (χ1) is 14.5. The van der Waals surface area contributed by atoms with Gasteiger partial charge >= 0.3 is 0 Å². The molecule has 1 aliphatic heterocycles. The van der Waals surface area contributed by atoms with Gasteiger partial charge in [-0.05, 0) is 36.1 Å². The lowest BCUT2D eigenvalue weighted by molar-refractivity contribution is 0.0749. The van der Waals surface area contributed by atoms with Crippen molar-refractivity contribution >= 4 is 5.91 Å². The van der Waals surface area contributed by atoms with Gasteiger partial charge < -0.3 is 14.7 Å². The van der Waals surface area contributed by atoms with Crippen molar-refractivity contribution in [1.82, 2.24) is 19.7 Å². The van der Waals surface area contributed by atoms with E-state index < -0.39 is 0 Å². The molecule has 1 aromatic carbocycles. The van der Waals surface area contributed by atoms with E-state index in [1.165, 1.54) is 0 Å². The van der Waals surface area contributed by atoms with Crippen LogP contribution in [-0.4, -0.2) is 43.4 Å². The molecule has 0 bridgehead atoms. The van der Waals surface area contributed by atoms with E-state index in [9.17, 15) is 9.90 Å². The van der Waals surface area contributed by atoms with Crippen LogP contribution in [-0.2, 0) is 20.1 Å². The number of aryl methyl sites for hydroxylation is 2. The summed E-state index contributed by atoms with van der Waals surface area (Å²) in [6.45, 7) is 4.84. The van der Waals surface area contributed by atoms with Crippen molar-refractivity contribution in [2.24, 2.45) is 7.05 Å². The summed E-state index contributed by atoms with van der Waals surface area (Å²) in [4.78, 5) is 19.1. The highest BCUT2D eigenvalue weighted by atomic mass is 16.5. The van der Waals surface area contributed by atoms with Gasteiger partial charge in [-0.25, -0.2) is 4.98 Å². The maximum atomic E-state index is 13.0. The smallest absolute Gasteiger partial charge is 0.260 e. The largest absolute Gasteiger partial charge is 0.471 e. The predicted octanol–water partition coefficient (Wildman–Crippen LogP) is 3.10. The van der Waals surface area contributed by atoms with Gasteiger partial charge in [0.05, 0.1) is 12.3 Å². The van der Waals surface area contributed by atoms with Crippen LogP contribution in [0.3, 0.4) is 0 Å². The summed E-state index contributed by atoms with van der Waals surface area (Å²) in [6, 6.07) is 10.1.